The first-order valence-electron chi connectivity index (χ1n) is 10.5. The molecular formula is C25H30BrF2NO3. The molecule has 3 unspecified atom stereocenters. The van der Waals surface area contributed by atoms with Crippen LogP contribution in [0.2, 0.25) is 0 Å². The van der Waals surface area contributed by atoms with E-state index in [0.29, 0.717) is 23.9 Å². The largest absolute Gasteiger partial charge is 1.00 e. The van der Waals surface area contributed by atoms with Crippen LogP contribution in [-0.2, 0) is 15.1 Å². The van der Waals surface area contributed by atoms with Crippen molar-refractivity contribution >= 4 is 5.97 Å². The van der Waals surface area contributed by atoms with Crippen LogP contribution in [0.4, 0.5) is 8.78 Å². The van der Waals surface area contributed by atoms with Crippen LogP contribution in [0, 0.1) is 23.5 Å². The number of aliphatic hydroxyl groups is 1. The van der Waals surface area contributed by atoms with Crippen molar-refractivity contribution in [3.05, 3.63) is 71.3 Å². The molecule has 1 saturated carbocycles. The molecule has 2 saturated heterocycles. The molecule has 174 valence electrons. The molecule has 2 aliphatic heterocycles. The minimum Gasteiger partial charge on any atom is -1.00 e. The molecule has 1 aliphatic carbocycles. The Labute approximate surface area is 198 Å². The molecule has 2 aromatic rings. The van der Waals surface area contributed by atoms with Crippen LogP contribution >= 0.6 is 0 Å². The van der Waals surface area contributed by atoms with Crippen molar-refractivity contribution in [1.82, 2.24) is 0 Å². The van der Waals surface area contributed by atoms with Crippen molar-refractivity contribution < 1.29 is 44.9 Å². The summed E-state index contributed by atoms with van der Waals surface area (Å²) in [5, 5.41) is 11.5. The van der Waals surface area contributed by atoms with Crippen molar-refractivity contribution in [2.24, 2.45) is 11.8 Å². The lowest BCUT2D eigenvalue weighted by molar-refractivity contribution is -0.937. The molecule has 0 spiro atoms. The fourth-order valence-electron chi connectivity index (χ4n) is 6.00. The Morgan fingerprint density at radius 1 is 0.906 bits per heavy atom. The lowest BCUT2D eigenvalue weighted by Gasteiger charge is -2.46. The van der Waals surface area contributed by atoms with Gasteiger partial charge in [-0.15, -0.1) is 0 Å². The van der Waals surface area contributed by atoms with Gasteiger partial charge in [0.2, 0.25) is 5.60 Å². The molecule has 3 fully saturated rings. The van der Waals surface area contributed by atoms with Gasteiger partial charge >= 0.3 is 5.97 Å². The van der Waals surface area contributed by atoms with Crippen molar-refractivity contribution in [2.45, 2.75) is 50.5 Å². The summed E-state index contributed by atoms with van der Waals surface area (Å²) in [4.78, 5) is 13.3. The van der Waals surface area contributed by atoms with Gasteiger partial charge in [-0.1, -0.05) is 31.7 Å². The Morgan fingerprint density at radius 3 is 1.72 bits per heavy atom. The molecule has 0 aromatic heterocycles. The highest BCUT2D eigenvalue weighted by Gasteiger charge is 2.68. The molecule has 7 heteroatoms. The summed E-state index contributed by atoms with van der Waals surface area (Å²) in [7, 11) is 4.51. The first-order valence-corrected chi connectivity index (χ1v) is 10.5. The number of hydrogen-bond donors (Lipinski definition) is 1. The van der Waals surface area contributed by atoms with E-state index < -0.39 is 23.2 Å². The molecular weight excluding hydrogens is 480 g/mol. The van der Waals surface area contributed by atoms with Crippen LogP contribution in [0.25, 0.3) is 0 Å². The number of carbonyl (C=O) groups excluding carboxylic acids is 1. The van der Waals surface area contributed by atoms with E-state index in [-0.39, 0.29) is 41.6 Å². The molecule has 3 aliphatic rings. The molecule has 5 rings (SSSR count). The van der Waals surface area contributed by atoms with Crippen LogP contribution in [0.5, 0.6) is 0 Å². The molecule has 5 atom stereocenters. The van der Waals surface area contributed by atoms with E-state index in [9.17, 15) is 18.7 Å². The van der Waals surface area contributed by atoms with Gasteiger partial charge in [-0.25, -0.2) is 13.6 Å². The average Bonchev–Trinajstić information content (AvgIpc) is 3.47. The van der Waals surface area contributed by atoms with Gasteiger partial charge in [-0.3, -0.25) is 0 Å². The number of halogens is 3. The van der Waals surface area contributed by atoms with Gasteiger partial charge < -0.3 is 31.3 Å². The van der Waals surface area contributed by atoms with Gasteiger partial charge in [0.1, 0.15) is 17.7 Å². The fraction of sp³-hybridized carbons (Fsp3) is 0.480. The lowest BCUT2D eigenvalue weighted by atomic mass is 9.86. The Morgan fingerprint density at radius 2 is 1.31 bits per heavy atom. The number of piperidine rings is 2. The number of nitrogens with zero attached hydrogens (tertiary/aromatic N) is 1. The van der Waals surface area contributed by atoms with Crippen LogP contribution < -0.4 is 17.0 Å². The van der Waals surface area contributed by atoms with E-state index in [2.05, 4.69) is 14.1 Å². The minimum absolute atomic E-state index is 0. The normalized spacial score (nSPS) is 29.2. The Bertz CT molecular complexity index is 914. The van der Waals surface area contributed by atoms with Gasteiger partial charge in [0.15, 0.2) is 0 Å². The van der Waals surface area contributed by atoms with Crippen LogP contribution in [-0.4, -0.2) is 47.8 Å². The summed E-state index contributed by atoms with van der Waals surface area (Å²) in [6, 6.07) is 11.1. The van der Waals surface area contributed by atoms with Crippen molar-refractivity contribution in [1.29, 1.82) is 0 Å². The predicted molar refractivity (Wildman–Crippen MR) is 113 cm³/mol. The number of ether oxygens (including phenoxy) is 1. The maximum Gasteiger partial charge on any atom is 0.347 e. The highest BCUT2D eigenvalue weighted by Crippen LogP contribution is 2.61. The summed E-state index contributed by atoms with van der Waals surface area (Å²) < 4.78 is 33.8. The van der Waals surface area contributed by atoms with E-state index in [1.807, 2.05) is 0 Å². The van der Waals surface area contributed by atoms with Crippen LogP contribution in [0.1, 0.15) is 37.8 Å². The van der Waals surface area contributed by atoms with E-state index in [1.54, 1.807) is 0 Å². The molecule has 0 radical (unpaired) electrons. The SMILES string of the molecule is C.C[N+]1(C)C2CC(OC(=O)C(O)(c3ccc(F)cc3)c3ccc(F)cc3)C[C@H]1[C@H]1CC21.[Br-]. The second-order valence-corrected chi connectivity index (χ2v) is 9.55. The predicted octanol–water partition coefficient (Wildman–Crippen LogP) is 1.01. The van der Waals surface area contributed by atoms with Crippen molar-refractivity contribution in [2.75, 3.05) is 14.1 Å². The zero-order chi connectivity index (χ0) is 21.3. The van der Waals surface area contributed by atoms with Crippen LogP contribution in [0.15, 0.2) is 48.5 Å². The molecule has 2 bridgehead atoms. The van der Waals surface area contributed by atoms with Gasteiger partial charge in [0.25, 0.3) is 0 Å². The number of fused-ring (bicyclic) bond motifs is 5. The van der Waals surface area contributed by atoms with E-state index in [4.69, 9.17) is 4.74 Å². The molecule has 2 aromatic carbocycles. The standard InChI is InChI=1S/C24H26F2NO3.CH4.BrH/c1-27(2)21-11-18(12-22(27)20-13-19(20)21)30-23(28)24(29,14-3-7-16(25)8-4-14)15-5-9-17(26)10-6-15;;/h3-10,18-22,29H,11-13H2,1-2H3;1H4;1H/q+1;;/p-1/t18?,19-,20?,21-,22?;;/m0../s1. The summed E-state index contributed by atoms with van der Waals surface area (Å²) in [5.41, 5.74) is -1.75. The summed E-state index contributed by atoms with van der Waals surface area (Å²) in [6.45, 7) is 0. The van der Waals surface area contributed by atoms with Gasteiger partial charge in [-0.2, -0.15) is 0 Å². The smallest absolute Gasteiger partial charge is 0.347 e. The van der Waals surface area contributed by atoms with Gasteiger partial charge in [0.05, 0.1) is 26.2 Å². The second kappa shape index (κ2) is 8.50. The highest BCUT2D eigenvalue weighted by molar-refractivity contribution is 5.85. The van der Waals surface area contributed by atoms with E-state index in [0.717, 1.165) is 17.3 Å². The quantitative estimate of drug-likeness (QED) is 0.494. The van der Waals surface area contributed by atoms with E-state index >= 15 is 0 Å². The third-order valence-electron chi connectivity index (χ3n) is 7.69. The third kappa shape index (κ3) is 3.78. The third-order valence-corrected chi connectivity index (χ3v) is 7.69. The number of hydrogen-bond acceptors (Lipinski definition) is 3. The number of esters is 1. The molecule has 32 heavy (non-hydrogen) atoms. The molecule has 2 heterocycles. The number of benzene rings is 2. The second-order valence-electron chi connectivity index (χ2n) is 9.55. The number of carbonyl (C=O) groups is 1. The molecule has 0 amide bonds. The minimum atomic E-state index is -2.13. The maximum atomic E-state index is 13.5. The van der Waals surface area contributed by atoms with Gasteiger partial charge in [0, 0.05) is 24.7 Å². The Hall–Kier alpha value is -1.83. The number of quaternary nitrogens is 1. The summed E-state index contributed by atoms with van der Waals surface area (Å²) >= 11 is 0. The van der Waals surface area contributed by atoms with E-state index in [1.165, 1.54) is 55.0 Å². The summed E-state index contributed by atoms with van der Waals surface area (Å²) in [5.74, 6) is -0.331. The Kier molecular flexibility index (Phi) is 6.59. The zero-order valence-corrected chi connectivity index (χ0v) is 19.1. The van der Waals surface area contributed by atoms with Crippen molar-refractivity contribution in [3.63, 3.8) is 0 Å². The maximum absolute atomic E-state index is 13.5. The highest BCUT2D eigenvalue weighted by atomic mass is 79.9. The van der Waals surface area contributed by atoms with Crippen molar-refractivity contribution in [3.8, 4) is 0 Å². The molecule has 4 nitrogen and oxygen atoms in total. The Balaban J connectivity index is 0.00000144. The monoisotopic (exact) mass is 509 g/mol. The van der Waals surface area contributed by atoms with Crippen LogP contribution in [0.3, 0.4) is 0 Å². The van der Waals surface area contributed by atoms with Gasteiger partial charge in [-0.05, 0) is 41.8 Å². The average molecular weight is 510 g/mol. The molecule has 1 N–H and O–H groups in total. The fourth-order valence-corrected chi connectivity index (χ4v) is 6.00. The summed E-state index contributed by atoms with van der Waals surface area (Å²) in [6.07, 6.45) is 2.56. The topological polar surface area (TPSA) is 46.5 Å². The first-order chi connectivity index (χ1) is 14.2. The zero-order valence-electron chi connectivity index (χ0n) is 17.5. The first kappa shape index (κ1) is 24.8. The lowest BCUT2D eigenvalue weighted by Crippen LogP contribution is -3.00. The number of rotatable bonds is 4.